The molecular weight excluding hydrogens is 314 g/mol. The van der Waals surface area contributed by atoms with Gasteiger partial charge in [-0.2, -0.15) is 0 Å². The smallest absolute Gasteiger partial charge is 0.182 e. The van der Waals surface area contributed by atoms with Crippen LogP contribution in [0.2, 0.25) is 0 Å². The van der Waals surface area contributed by atoms with Crippen LogP contribution in [0.3, 0.4) is 0 Å². The molecule has 3 aromatic rings. The van der Waals surface area contributed by atoms with Crippen molar-refractivity contribution in [2.24, 2.45) is 0 Å². The molecule has 0 saturated heterocycles. The third-order valence-electron chi connectivity index (χ3n) is 4.56. The van der Waals surface area contributed by atoms with Gasteiger partial charge in [0, 0.05) is 24.3 Å². The van der Waals surface area contributed by atoms with Gasteiger partial charge in [-0.3, -0.25) is 0 Å². The summed E-state index contributed by atoms with van der Waals surface area (Å²) in [5, 5.41) is 15.4. The van der Waals surface area contributed by atoms with Gasteiger partial charge in [0.15, 0.2) is 5.82 Å². The highest BCUT2D eigenvalue weighted by molar-refractivity contribution is 5.62. The van der Waals surface area contributed by atoms with E-state index in [-0.39, 0.29) is 0 Å². The van der Waals surface area contributed by atoms with E-state index in [4.69, 9.17) is 4.74 Å². The summed E-state index contributed by atoms with van der Waals surface area (Å²) in [5.74, 6) is 0.792. The van der Waals surface area contributed by atoms with E-state index in [2.05, 4.69) is 51.2 Å². The Morgan fingerprint density at radius 2 is 2.12 bits per heavy atom. The van der Waals surface area contributed by atoms with Crippen LogP contribution in [0.4, 0.5) is 5.69 Å². The maximum Gasteiger partial charge on any atom is 0.182 e. The molecule has 2 aromatic carbocycles. The molecule has 0 fully saturated rings. The molecule has 0 bridgehead atoms. The molecule has 0 saturated carbocycles. The van der Waals surface area contributed by atoms with Crippen LogP contribution in [0.1, 0.15) is 23.6 Å². The van der Waals surface area contributed by atoms with Crippen molar-refractivity contribution >= 4 is 5.69 Å². The third kappa shape index (κ3) is 3.25. The van der Waals surface area contributed by atoms with Gasteiger partial charge in [0.1, 0.15) is 0 Å². The Morgan fingerprint density at radius 1 is 1.20 bits per heavy atom. The highest BCUT2D eigenvalue weighted by Gasteiger charge is 2.13. The second-order valence-corrected chi connectivity index (χ2v) is 6.11. The molecule has 25 heavy (non-hydrogen) atoms. The highest BCUT2D eigenvalue weighted by atomic mass is 16.5. The molecule has 0 unspecified atom stereocenters. The lowest BCUT2D eigenvalue weighted by atomic mass is 9.97. The number of hydrogen-bond acceptors (Lipinski definition) is 5. The van der Waals surface area contributed by atoms with Crippen molar-refractivity contribution in [2.75, 3.05) is 11.9 Å². The Balaban J connectivity index is 1.54. The average molecular weight is 335 g/mol. The zero-order valence-electron chi connectivity index (χ0n) is 14.3. The molecule has 6 nitrogen and oxygen atoms in total. The predicted molar refractivity (Wildman–Crippen MR) is 96.1 cm³/mol. The Labute approximate surface area is 146 Å². The molecule has 1 aliphatic heterocycles. The molecule has 1 N–H and O–H groups in total. The third-order valence-corrected chi connectivity index (χ3v) is 4.56. The number of ether oxygens (including phenoxy) is 1. The van der Waals surface area contributed by atoms with Crippen molar-refractivity contribution in [3.8, 4) is 11.4 Å². The van der Waals surface area contributed by atoms with Crippen LogP contribution >= 0.6 is 0 Å². The van der Waals surface area contributed by atoms with Gasteiger partial charge in [0.25, 0.3) is 0 Å². The van der Waals surface area contributed by atoms with E-state index in [1.807, 2.05) is 19.1 Å². The summed E-state index contributed by atoms with van der Waals surface area (Å²) < 4.78 is 7.35. The zero-order chi connectivity index (χ0) is 17.1. The molecule has 0 spiro atoms. The van der Waals surface area contributed by atoms with Crippen LogP contribution in [-0.4, -0.2) is 26.8 Å². The van der Waals surface area contributed by atoms with E-state index >= 15 is 0 Å². The van der Waals surface area contributed by atoms with Crippen LogP contribution in [0.25, 0.3) is 11.4 Å². The first-order valence-electron chi connectivity index (χ1n) is 8.63. The fraction of sp³-hybridized carbons (Fsp3) is 0.316. The van der Waals surface area contributed by atoms with Crippen molar-refractivity contribution in [1.82, 2.24) is 20.2 Å². The fourth-order valence-electron chi connectivity index (χ4n) is 3.26. The summed E-state index contributed by atoms with van der Waals surface area (Å²) in [5.41, 5.74) is 6.14. The van der Waals surface area contributed by atoms with Crippen molar-refractivity contribution in [3.05, 3.63) is 59.2 Å². The first kappa shape index (κ1) is 15.8. The number of fused-ring (bicyclic) bond motifs is 1. The van der Waals surface area contributed by atoms with Gasteiger partial charge >= 0.3 is 0 Å². The first-order valence-corrected chi connectivity index (χ1v) is 8.63. The number of rotatable bonds is 5. The number of tetrazole rings is 1. The van der Waals surface area contributed by atoms with Gasteiger partial charge in [-0.05, 0) is 52.6 Å². The van der Waals surface area contributed by atoms with Crippen molar-refractivity contribution in [1.29, 1.82) is 0 Å². The molecule has 2 heterocycles. The highest BCUT2D eigenvalue weighted by Crippen LogP contribution is 2.24. The minimum atomic E-state index is 0.721. The van der Waals surface area contributed by atoms with E-state index in [0.717, 1.165) is 49.8 Å². The zero-order valence-corrected chi connectivity index (χ0v) is 14.3. The number of aryl methyl sites for hydroxylation is 1. The summed E-state index contributed by atoms with van der Waals surface area (Å²) in [7, 11) is 0. The SMILES string of the molecule is CCn1nnnc1-c1cccc(NCc2cccc3c2CCOC3)c1. The van der Waals surface area contributed by atoms with Crippen molar-refractivity contribution in [3.63, 3.8) is 0 Å². The molecule has 0 aliphatic carbocycles. The fourth-order valence-corrected chi connectivity index (χ4v) is 3.26. The number of benzene rings is 2. The maximum absolute atomic E-state index is 5.55. The topological polar surface area (TPSA) is 64.9 Å². The molecule has 1 aliphatic rings. The predicted octanol–water partition coefficient (Wildman–Crippen LogP) is 3.04. The lowest BCUT2D eigenvalue weighted by molar-refractivity contribution is 0.110. The lowest BCUT2D eigenvalue weighted by Gasteiger charge is -2.20. The molecule has 128 valence electrons. The Morgan fingerprint density at radius 3 is 3.04 bits per heavy atom. The molecule has 6 heteroatoms. The van der Waals surface area contributed by atoms with Gasteiger partial charge in [-0.15, -0.1) is 5.10 Å². The second-order valence-electron chi connectivity index (χ2n) is 6.11. The Kier molecular flexibility index (Phi) is 4.43. The van der Waals surface area contributed by atoms with Gasteiger partial charge < -0.3 is 10.1 Å². The van der Waals surface area contributed by atoms with E-state index in [1.165, 1.54) is 16.7 Å². The number of nitrogens with one attached hydrogen (secondary N) is 1. The number of anilines is 1. The average Bonchev–Trinajstić information content (AvgIpc) is 3.15. The summed E-state index contributed by atoms with van der Waals surface area (Å²) in [6.45, 7) is 5.10. The Bertz CT molecular complexity index is 874. The lowest BCUT2D eigenvalue weighted by Crippen LogP contribution is -2.13. The standard InChI is InChI=1S/C19H21N5O/c1-2-24-19(21-22-23-24)14-5-4-8-17(11-14)20-12-15-6-3-7-16-13-25-10-9-18(15)16/h3-8,11,20H,2,9-10,12-13H2,1H3. The van der Waals surface area contributed by atoms with Gasteiger partial charge in [0.2, 0.25) is 0 Å². The monoisotopic (exact) mass is 335 g/mol. The molecule has 0 atom stereocenters. The first-order chi connectivity index (χ1) is 12.3. The van der Waals surface area contributed by atoms with Crippen LogP contribution in [0, 0.1) is 0 Å². The molecule has 0 radical (unpaired) electrons. The van der Waals surface area contributed by atoms with E-state index in [0.29, 0.717) is 0 Å². The number of hydrogen-bond donors (Lipinski definition) is 1. The van der Waals surface area contributed by atoms with E-state index < -0.39 is 0 Å². The van der Waals surface area contributed by atoms with Crippen LogP contribution in [-0.2, 0) is 30.9 Å². The van der Waals surface area contributed by atoms with E-state index in [9.17, 15) is 0 Å². The van der Waals surface area contributed by atoms with Crippen LogP contribution < -0.4 is 5.32 Å². The summed E-state index contributed by atoms with van der Waals surface area (Å²) >= 11 is 0. The molecule has 4 rings (SSSR count). The maximum atomic E-state index is 5.55. The quantitative estimate of drug-likeness (QED) is 0.776. The molecular formula is C19H21N5O. The van der Waals surface area contributed by atoms with Crippen LogP contribution in [0.5, 0.6) is 0 Å². The summed E-state index contributed by atoms with van der Waals surface area (Å²) in [4.78, 5) is 0. The van der Waals surface area contributed by atoms with Gasteiger partial charge in [0.05, 0.1) is 13.2 Å². The molecule has 0 amide bonds. The summed E-state index contributed by atoms with van der Waals surface area (Å²) in [6, 6.07) is 14.7. The number of nitrogens with zero attached hydrogens (tertiary/aromatic N) is 4. The van der Waals surface area contributed by atoms with Crippen LogP contribution in [0.15, 0.2) is 42.5 Å². The van der Waals surface area contributed by atoms with Crippen molar-refractivity contribution in [2.45, 2.75) is 33.0 Å². The van der Waals surface area contributed by atoms with E-state index in [1.54, 1.807) is 4.68 Å². The Hall–Kier alpha value is -2.73. The van der Waals surface area contributed by atoms with Gasteiger partial charge in [-0.25, -0.2) is 4.68 Å². The van der Waals surface area contributed by atoms with Gasteiger partial charge in [-0.1, -0.05) is 30.3 Å². The largest absolute Gasteiger partial charge is 0.381 e. The normalized spacial score (nSPS) is 13.5. The van der Waals surface area contributed by atoms with Crippen molar-refractivity contribution < 1.29 is 4.74 Å². The summed E-state index contributed by atoms with van der Waals surface area (Å²) in [6.07, 6.45) is 0.985. The minimum absolute atomic E-state index is 0.721. The second kappa shape index (κ2) is 7.03. The minimum Gasteiger partial charge on any atom is -0.381 e. The molecule has 1 aromatic heterocycles. The number of aromatic nitrogens is 4.